The van der Waals surface area contributed by atoms with Crippen molar-refractivity contribution in [1.82, 2.24) is 0 Å². The smallest absolute Gasteiger partial charge is 0.348 e. The molecule has 0 aromatic heterocycles. The molecule has 1 heterocycles. The molecule has 0 aromatic carbocycles. The first-order valence-corrected chi connectivity index (χ1v) is 4.24. The first kappa shape index (κ1) is 9.75. The molecule has 2 atom stereocenters. The Balaban J connectivity index is 2.80. The number of aliphatic hydroxyl groups excluding tert-OH is 3. The summed E-state index contributed by atoms with van der Waals surface area (Å²) in [7, 11) is 0. The summed E-state index contributed by atoms with van der Waals surface area (Å²) in [5.41, 5.74) is 0. The van der Waals surface area contributed by atoms with Gasteiger partial charge in [0.05, 0.1) is 6.61 Å². The van der Waals surface area contributed by atoms with E-state index in [9.17, 15) is 9.90 Å². The molecule has 0 aliphatic carbocycles. The third-order valence-corrected chi connectivity index (χ3v) is 2.44. The van der Waals surface area contributed by atoms with Crippen LogP contribution in [0.3, 0.4) is 0 Å². The Morgan fingerprint density at radius 1 is 1.67 bits per heavy atom. The molecule has 5 nitrogen and oxygen atoms in total. The van der Waals surface area contributed by atoms with Crippen molar-refractivity contribution in [2.75, 3.05) is 6.61 Å². The number of rotatable bonds is 2. The second-order valence-electron chi connectivity index (χ2n) is 2.28. The first-order chi connectivity index (χ1) is 5.57. The Hall–Kier alpha value is -0.340. The van der Waals surface area contributed by atoms with Crippen molar-refractivity contribution in [2.45, 2.75) is 12.2 Å². The highest BCUT2D eigenvalue weighted by Gasteiger charge is 2.37. The van der Waals surface area contributed by atoms with Gasteiger partial charge in [-0.05, 0) is 22.6 Å². The van der Waals surface area contributed by atoms with Gasteiger partial charge in [-0.3, -0.25) is 0 Å². The number of halogens is 1. The Bertz CT molecular complexity index is 236. The zero-order chi connectivity index (χ0) is 9.30. The minimum Gasteiger partial charge on any atom is -0.507 e. The van der Waals surface area contributed by atoms with Crippen molar-refractivity contribution in [2.24, 2.45) is 0 Å². The highest BCUT2D eigenvalue weighted by Crippen LogP contribution is 2.27. The van der Waals surface area contributed by atoms with Gasteiger partial charge in [0.15, 0.2) is 11.9 Å². The van der Waals surface area contributed by atoms with Crippen LogP contribution in [0.5, 0.6) is 0 Å². The minimum absolute atomic E-state index is 0.0464. The molecular formula is C6H7IO5. The third kappa shape index (κ3) is 1.54. The molecule has 0 amide bonds. The van der Waals surface area contributed by atoms with Gasteiger partial charge < -0.3 is 20.1 Å². The van der Waals surface area contributed by atoms with Gasteiger partial charge in [0.25, 0.3) is 0 Å². The summed E-state index contributed by atoms with van der Waals surface area (Å²) >= 11 is 1.61. The molecule has 0 saturated carbocycles. The highest BCUT2D eigenvalue weighted by molar-refractivity contribution is 14.1. The number of ether oxygens (including phenoxy) is 1. The van der Waals surface area contributed by atoms with Gasteiger partial charge in [-0.25, -0.2) is 4.79 Å². The average molecular weight is 286 g/mol. The van der Waals surface area contributed by atoms with Crippen molar-refractivity contribution in [1.29, 1.82) is 0 Å². The fourth-order valence-corrected chi connectivity index (χ4v) is 1.24. The predicted molar refractivity (Wildman–Crippen MR) is 46.6 cm³/mol. The zero-order valence-corrected chi connectivity index (χ0v) is 8.06. The fourth-order valence-electron chi connectivity index (χ4n) is 0.809. The molecule has 1 aliphatic rings. The van der Waals surface area contributed by atoms with Gasteiger partial charge in [0, 0.05) is 0 Å². The molecule has 0 aromatic rings. The van der Waals surface area contributed by atoms with Crippen LogP contribution in [-0.2, 0) is 9.53 Å². The normalized spacial score (nSPS) is 25.9. The van der Waals surface area contributed by atoms with E-state index >= 15 is 0 Å². The monoisotopic (exact) mass is 286 g/mol. The summed E-state index contributed by atoms with van der Waals surface area (Å²) in [5, 5.41) is 26.7. The minimum atomic E-state index is -1.26. The van der Waals surface area contributed by atoms with Gasteiger partial charge in [0.1, 0.15) is 9.68 Å². The van der Waals surface area contributed by atoms with E-state index in [1.165, 1.54) is 0 Å². The van der Waals surface area contributed by atoms with E-state index in [2.05, 4.69) is 4.74 Å². The molecule has 0 bridgehead atoms. The zero-order valence-electron chi connectivity index (χ0n) is 5.90. The maximum Gasteiger partial charge on any atom is 0.348 e. The van der Waals surface area contributed by atoms with E-state index in [1.807, 2.05) is 0 Å². The summed E-state index contributed by atoms with van der Waals surface area (Å²) in [6.07, 6.45) is -2.38. The summed E-state index contributed by atoms with van der Waals surface area (Å²) in [6, 6.07) is 0. The largest absolute Gasteiger partial charge is 0.507 e. The molecular weight excluding hydrogens is 279 g/mol. The molecule has 0 spiro atoms. The van der Waals surface area contributed by atoms with Crippen molar-refractivity contribution >= 4 is 28.6 Å². The standard InChI is InChI=1S/C6H7IO5/c7-3-4(10)5(2(9)1-8)12-6(3)11/h2,5,8-10H,1H2/t2-,5+/m0/s1. The Morgan fingerprint density at radius 3 is 2.58 bits per heavy atom. The molecule has 0 unspecified atom stereocenters. The van der Waals surface area contributed by atoms with E-state index in [4.69, 9.17) is 10.2 Å². The Kier molecular flexibility index (Phi) is 2.91. The van der Waals surface area contributed by atoms with E-state index < -0.39 is 24.8 Å². The molecule has 0 saturated heterocycles. The van der Waals surface area contributed by atoms with Gasteiger partial charge in [-0.2, -0.15) is 0 Å². The molecule has 1 rings (SSSR count). The van der Waals surface area contributed by atoms with E-state index in [1.54, 1.807) is 22.6 Å². The lowest BCUT2D eigenvalue weighted by Crippen LogP contribution is -2.31. The second kappa shape index (κ2) is 3.58. The van der Waals surface area contributed by atoms with Crippen LogP contribution in [0.1, 0.15) is 0 Å². The maximum atomic E-state index is 10.8. The predicted octanol–water partition coefficient (Wildman–Crippen LogP) is -0.530. The molecule has 12 heavy (non-hydrogen) atoms. The first-order valence-electron chi connectivity index (χ1n) is 3.16. The molecule has 68 valence electrons. The van der Waals surface area contributed by atoms with Crippen LogP contribution >= 0.6 is 22.6 Å². The van der Waals surface area contributed by atoms with Crippen LogP contribution in [0, 0.1) is 0 Å². The van der Waals surface area contributed by atoms with Crippen LogP contribution in [0.15, 0.2) is 9.34 Å². The molecule has 0 fully saturated rings. The quantitative estimate of drug-likeness (QED) is 0.469. The SMILES string of the molecule is O=C1O[C@H]([C@@H](O)CO)C(O)=C1I. The van der Waals surface area contributed by atoms with Gasteiger partial charge in [-0.15, -0.1) is 0 Å². The summed E-state index contributed by atoms with van der Waals surface area (Å²) < 4.78 is 4.60. The van der Waals surface area contributed by atoms with Crippen LogP contribution in [0.25, 0.3) is 0 Å². The number of cyclic esters (lactones) is 1. The van der Waals surface area contributed by atoms with Gasteiger partial charge in [-0.1, -0.05) is 0 Å². The summed E-state index contributed by atoms with van der Waals surface area (Å²) in [5.74, 6) is -0.993. The number of esters is 1. The van der Waals surface area contributed by atoms with Gasteiger partial charge in [0.2, 0.25) is 0 Å². The van der Waals surface area contributed by atoms with Crippen molar-refractivity contribution in [3.8, 4) is 0 Å². The lowest BCUT2D eigenvalue weighted by atomic mass is 10.2. The number of aliphatic hydroxyl groups is 3. The van der Waals surface area contributed by atoms with E-state index in [0.29, 0.717) is 0 Å². The van der Waals surface area contributed by atoms with Crippen LogP contribution in [0.2, 0.25) is 0 Å². The van der Waals surface area contributed by atoms with Crippen LogP contribution < -0.4 is 0 Å². The third-order valence-electron chi connectivity index (χ3n) is 1.44. The van der Waals surface area contributed by atoms with E-state index in [0.717, 1.165) is 0 Å². The lowest BCUT2D eigenvalue weighted by molar-refractivity contribution is -0.145. The number of hydrogen-bond acceptors (Lipinski definition) is 5. The molecule has 1 aliphatic heterocycles. The van der Waals surface area contributed by atoms with Crippen LogP contribution in [-0.4, -0.2) is 40.1 Å². The number of carbonyl (C=O) groups is 1. The molecule has 6 heteroatoms. The van der Waals surface area contributed by atoms with Gasteiger partial charge >= 0.3 is 5.97 Å². The van der Waals surface area contributed by atoms with E-state index in [-0.39, 0.29) is 9.34 Å². The van der Waals surface area contributed by atoms with Crippen molar-refractivity contribution < 1.29 is 24.9 Å². The Labute approximate surface area is 81.8 Å². The summed E-state index contributed by atoms with van der Waals surface area (Å²) in [6.45, 7) is -0.564. The molecule has 0 radical (unpaired) electrons. The topological polar surface area (TPSA) is 87.0 Å². The Morgan fingerprint density at radius 2 is 2.25 bits per heavy atom. The number of hydrogen-bond donors (Lipinski definition) is 3. The maximum absolute atomic E-state index is 10.8. The second-order valence-corrected chi connectivity index (χ2v) is 3.35. The van der Waals surface area contributed by atoms with Crippen molar-refractivity contribution in [3.63, 3.8) is 0 Å². The highest BCUT2D eigenvalue weighted by atomic mass is 127. The molecule has 3 N–H and O–H groups in total. The average Bonchev–Trinajstić information content (AvgIpc) is 2.32. The van der Waals surface area contributed by atoms with Crippen molar-refractivity contribution in [3.05, 3.63) is 9.34 Å². The van der Waals surface area contributed by atoms with Crippen LogP contribution in [0.4, 0.5) is 0 Å². The number of carbonyl (C=O) groups excluding carboxylic acids is 1. The summed E-state index contributed by atoms with van der Waals surface area (Å²) in [4.78, 5) is 10.8. The fraction of sp³-hybridized carbons (Fsp3) is 0.500. The lowest BCUT2D eigenvalue weighted by Gasteiger charge is -2.14.